The lowest BCUT2D eigenvalue weighted by molar-refractivity contribution is -0.140. The highest BCUT2D eigenvalue weighted by molar-refractivity contribution is 5.32. The fourth-order valence-corrected chi connectivity index (χ4v) is 2.46. The van der Waals surface area contributed by atoms with Gasteiger partial charge in [0.1, 0.15) is 5.82 Å². The summed E-state index contributed by atoms with van der Waals surface area (Å²) in [5.74, 6) is -1.30. The number of nitrogens with two attached hydrogens (primary N) is 1. The fraction of sp³-hybridized carbons (Fsp3) is 0.538. The third-order valence-corrected chi connectivity index (χ3v) is 3.69. The molecule has 0 spiro atoms. The monoisotopic (exact) mass is 277 g/mol. The van der Waals surface area contributed by atoms with E-state index in [9.17, 15) is 22.7 Å². The van der Waals surface area contributed by atoms with Gasteiger partial charge in [-0.2, -0.15) is 13.2 Å². The van der Waals surface area contributed by atoms with Crippen molar-refractivity contribution >= 4 is 0 Å². The van der Waals surface area contributed by atoms with Gasteiger partial charge >= 0.3 is 6.18 Å². The summed E-state index contributed by atoms with van der Waals surface area (Å²) in [6, 6.07) is 2.88. The molecule has 0 aliphatic heterocycles. The van der Waals surface area contributed by atoms with E-state index in [0.29, 0.717) is 25.7 Å². The molecular weight excluding hydrogens is 262 g/mol. The standard InChI is InChI=1S/C13H15F4NO/c14-11-2-1-8(7-10(11)13(15,16)17)12(18)5-3-9(19)4-6-12/h1-2,7,9,19H,3-6,18H2. The number of benzene rings is 1. The van der Waals surface area contributed by atoms with Crippen LogP contribution in [0.2, 0.25) is 0 Å². The summed E-state index contributed by atoms with van der Waals surface area (Å²) in [4.78, 5) is 0. The van der Waals surface area contributed by atoms with E-state index < -0.39 is 29.2 Å². The van der Waals surface area contributed by atoms with Crippen molar-refractivity contribution in [3.05, 3.63) is 35.1 Å². The quantitative estimate of drug-likeness (QED) is 0.775. The Hall–Kier alpha value is -1.14. The number of aliphatic hydroxyl groups excluding tert-OH is 1. The molecule has 6 heteroatoms. The molecule has 1 aliphatic carbocycles. The number of aliphatic hydroxyl groups is 1. The van der Waals surface area contributed by atoms with Crippen molar-refractivity contribution in [2.24, 2.45) is 5.73 Å². The molecule has 19 heavy (non-hydrogen) atoms. The number of hydrogen-bond acceptors (Lipinski definition) is 2. The molecule has 1 aromatic rings. The van der Waals surface area contributed by atoms with E-state index in [1.807, 2.05) is 0 Å². The third-order valence-electron chi connectivity index (χ3n) is 3.69. The minimum atomic E-state index is -4.73. The highest BCUT2D eigenvalue weighted by Gasteiger charge is 2.38. The Balaban J connectivity index is 2.36. The van der Waals surface area contributed by atoms with Crippen molar-refractivity contribution in [3.8, 4) is 0 Å². The molecule has 0 radical (unpaired) electrons. The zero-order valence-electron chi connectivity index (χ0n) is 10.2. The summed E-state index contributed by atoms with van der Waals surface area (Å²) in [5, 5.41) is 9.42. The van der Waals surface area contributed by atoms with Gasteiger partial charge in [0.05, 0.1) is 11.7 Å². The Morgan fingerprint density at radius 1 is 1.21 bits per heavy atom. The average molecular weight is 277 g/mol. The van der Waals surface area contributed by atoms with Crippen LogP contribution in [-0.2, 0) is 11.7 Å². The lowest BCUT2D eigenvalue weighted by Gasteiger charge is -2.36. The van der Waals surface area contributed by atoms with Gasteiger partial charge in [-0.1, -0.05) is 6.07 Å². The van der Waals surface area contributed by atoms with Crippen molar-refractivity contribution in [1.29, 1.82) is 0 Å². The largest absolute Gasteiger partial charge is 0.419 e. The highest BCUT2D eigenvalue weighted by atomic mass is 19.4. The Bertz CT molecular complexity index is 464. The van der Waals surface area contributed by atoms with Crippen LogP contribution in [0, 0.1) is 5.82 Å². The van der Waals surface area contributed by atoms with Crippen LogP contribution >= 0.6 is 0 Å². The molecule has 0 unspecified atom stereocenters. The van der Waals surface area contributed by atoms with E-state index in [1.165, 1.54) is 6.07 Å². The Labute approximate surface area is 108 Å². The van der Waals surface area contributed by atoms with Gasteiger partial charge in [0.15, 0.2) is 0 Å². The molecule has 0 aromatic heterocycles. The minimum absolute atomic E-state index is 0.271. The van der Waals surface area contributed by atoms with Gasteiger partial charge in [-0.05, 0) is 43.4 Å². The van der Waals surface area contributed by atoms with E-state index in [1.54, 1.807) is 0 Å². The summed E-state index contributed by atoms with van der Waals surface area (Å²) >= 11 is 0. The van der Waals surface area contributed by atoms with Crippen LogP contribution in [0.5, 0.6) is 0 Å². The van der Waals surface area contributed by atoms with Crippen molar-refractivity contribution in [2.75, 3.05) is 0 Å². The second-order valence-electron chi connectivity index (χ2n) is 5.08. The second-order valence-corrected chi connectivity index (χ2v) is 5.08. The Morgan fingerprint density at radius 3 is 2.32 bits per heavy atom. The lowest BCUT2D eigenvalue weighted by Crippen LogP contribution is -2.41. The summed E-state index contributed by atoms with van der Waals surface area (Å²) in [6.45, 7) is 0. The van der Waals surface area contributed by atoms with Gasteiger partial charge in [-0.3, -0.25) is 0 Å². The van der Waals surface area contributed by atoms with Gasteiger partial charge in [0, 0.05) is 5.54 Å². The van der Waals surface area contributed by atoms with Crippen molar-refractivity contribution in [2.45, 2.75) is 43.5 Å². The Kier molecular flexibility index (Phi) is 3.57. The molecule has 3 N–H and O–H groups in total. The molecule has 106 valence electrons. The smallest absolute Gasteiger partial charge is 0.393 e. The van der Waals surface area contributed by atoms with Crippen LogP contribution in [-0.4, -0.2) is 11.2 Å². The van der Waals surface area contributed by atoms with Crippen molar-refractivity contribution in [1.82, 2.24) is 0 Å². The number of halogens is 4. The molecule has 2 nitrogen and oxygen atoms in total. The molecule has 0 bridgehead atoms. The molecule has 1 fully saturated rings. The maximum atomic E-state index is 13.2. The van der Waals surface area contributed by atoms with Gasteiger partial charge in [0.2, 0.25) is 0 Å². The minimum Gasteiger partial charge on any atom is -0.393 e. The number of hydrogen-bond donors (Lipinski definition) is 2. The van der Waals surface area contributed by atoms with Crippen LogP contribution in [0.15, 0.2) is 18.2 Å². The highest BCUT2D eigenvalue weighted by Crippen LogP contribution is 2.38. The molecule has 0 heterocycles. The van der Waals surface area contributed by atoms with Gasteiger partial charge < -0.3 is 10.8 Å². The zero-order chi connectivity index (χ0) is 14.3. The van der Waals surface area contributed by atoms with Crippen LogP contribution in [0.4, 0.5) is 17.6 Å². The summed E-state index contributed by atoms with van der Waals surface area (Å²) in [6.07, 6.45) is -3.54. The van der Waals surface area contributed by atoms with Gasteiger partial charge in [0.25, 0.3) is 0 Å². The predicted molar refractivity (Wildman–Crippen MR) is 61.7 cm³/mol. The van der Waals surface area contributed by atoms with E-state index in [0.717, 1.165) is 12.1 Å². The normalized spacial score (nSPS) is 28.4. The fourth-order valence-electron chi connectivity index (χ4n) is 2.46. The number of rotatable bonds is 1. The first kappa shape index (κ1) is 14.3. The van der Waals surface area contributed by atoms with E-state index in [2.05, 4.69) is 0 Å². The third kappa shape index (κ3) is 2.90. The Morgan fingerprint density at radius 2 is 1.79 bits per heavy atom. The van der Waals surface area contributed by atoms with Crippen LogP contribution in [0.25, 0.3) is 0 Å². The molecule has 0 atom stereocenters. The molecular formula is C13H15F4NO. The van der Waals surface area contributed by atoms with Crippen molar-refractivity contribution < 1.29 is 22.7 Å². The first-order valence-electron chi connectivity index (χ1n) is 6.06. The molecule has 2 rings (SSSR count). The van der Waals surface area contributed by atoms with Gasteiger partial charge in [-0.15, -0.1) is 0 Å². The molecule has 1 aromatic carbocycles. The van der Waals surface area contributed by atoms with E-state index in [4.69, 9.17) is 5.73 Å². The van der Waals surface area contributed by atoms with E-state index in [-0.39, 0.29) is 5.56 Å². The maximum Gasteiger partial charge on any atom is 0.419 e. The number of alkyl halides is 3. The first-order chi connectivity index (χ1) is 8.72. The van der Waals surface area contributed by atoms with Crippen LogP contribution in [0.1, 0.15) is 36.8 Å². The van der Waals surface area contributed by atoms with Crippen molar-refractivity contribution in [3.63, 3.8) is 0 Å². The zero-order valence-corrected chi connectivity index (χ0v) is 10.2. The lowest BCUT2D eigenvalue weighted by atomic mass is 9.76. The molecule has 0 saturated heterocycles. The SMILES string of the molecule is NC1(c2ccc(F)c(C(F)(F)F)c2)CCC(O)CC1. The van der Waals surface area contributed by atoms with Crippen LogP contribution in [0.3, 0.4) is 0 Å². The first-order valence-corrected chi connectivity index (χ1v) is 6.06. The molecule has 1 aliphatic rings. The average Bonchev–Trinajstić information content (AvgIpc) is 2.32. The summed E-state index contributed by atoms with van der Waals surface area (Å²) < 4.78 is 51.2. The predicted octanol–water partition coefficient (Wildman–Crippen LogP) is 2.93. The molecule has 0 amide bonds. The topological polar surface area (TPSA) is 46.2 Å². The maximum absolute atomic E-state index is 13.2. The molecule has 1 saturated carbocycles. The second kappa shape index (κ2) is 4.76. The van der Waals surface area contributed by atoms with Gasteiger partial charge in [-0.25, -0.2) is 4.39 Å². The van der Waals surface area contributed by atoms with Crippen LogP contribution < -0.4 is 5.73 Å². The summed E-state index contributed by atoms with van der Waals surface area (Å²) in [7, 11) is 0. The summed E-state index contributed by atoms with van der Waals surface area (Å²) in [5.41, 5.74) is 4.16. The van der Waals surface area contributed by atoms with E-state index >= 15 is 0 Å².